The molecule has 3 N–H and O–H groups in total. The second kappa shape index (κ2) is 5.07. The van der Waals surface area contributed by atoms with Gasteiger partial charge in [-0.25, -0.2) is 4.98 Å². The maximum atomic E-state index is 10.0. The first-order valence-corrected chi connectivity index (χ1v) is 7.08. The van der Waals surface area contributed by atoms with Crippen molar-refractivity contribution in [2.45, 2.75) is 44.4 Å². The lowest BCUT2D eigenvalue weighted by Gasteiger charge is -2.18. The molecule has 0 amide bonds. The lowest BCUT2D eigenvalue weighted by Crippen LogP contribution is -2.13. The summed E-state index contributed by atoms with van der Waals surface area (Å²) in [6.07, 6.45) is 2.77. The standard InChI is InChI=1S/C15H21N3O2/c1-9(19)15-17-13-7-10(16)3-6-14(13)18(15)11-4-5-12(8-11)20-2/h3,6-7,9,11-12,19H,4-5,8,16H2,1-2H3. The molecule has 0 saturated heterocycles. The van der Waals surface area contributed by atoms with Gasteiger partial charge in [0.05, 0.1) is 17.1 Å². The van der Waals surface area contributed by atoms with Crippen LogP contribution in [0.1, 0.15) is 44.2 Å². The molecule has 0 aliphatic heterocycles. The monoisotopic (exact) mass is 275 g/mol. The highest BCUT2D eigenvalue weighted by Crippen LogP contribution is 2.36. The molecule has 3 unspecified atom stereocenters. The Labute approximate surface area is 118 Å². The number of hydrogen-bond acceptors (Lipinski definition) is 4. The number of nitrogen functional groups attached to an aromatic ring is 1. The van der Waals surface area contributed by atoms with E-state index in [1.165, 1.54) is 0 Å². The van der Waals surface area contributed by atoms with Crippen molar-refractivity contribution in [3.8, 4) is 0 Å². The molecule has 3 rings (SSSR count). The highest BCUT2D eigenvalue weighted by atomic mass is 16.5. The van der Waals surface area contributed by atoms with E-state index in [2.05, 4.69) is 9.55 Å². The molecule has 0 radical (unpaired) electrons. The lowest BCUT2D eigenvalue weighted by atomic mass is 10.2. The molecule has 1 heterocycles. The molecule has 5 nitrogen and oxygen atoms in total. The molecule has 0 spiro atoms. The van der Waals surface area contributed by atoms with Crippen molar-refractivity contribution < 1.29 is 9.84 Å². The molecule has 1 aliphatic rings. The number of fused-ring (bicyclic) bond motifs is 1. The summed E-state index contributed by atoms with van der Waals surface area (Å²) >= 11 is 0. The van der Waals surface area contributed by atoms with E-state index < -0.39 is 6.10 Å². The topological polar surface area (TPSA) is 73.3 Å². The number of aliphatic hydroxyl groups is 1. The van der Waals surface area contributed by atoms with Crippen LogP contribution < -0.4 is 5.73 Å². The highest BCUT2D eigenvalue weighted by Gasteiger charge is 2.29. The molecule has 2 aromatic rings. The number of rotatable bonds is 3. The number of hydrogen-bond donors (Lipinski definition) is 2. The Balaban J connectivity index is 2.10. The first-order chi connectivity index (χ1) is 9.60. The van der Waals surface area contributed by atoms with Gasteiger partial charge in [-0.2, -0.15) is 0 Å². The summed E-state index contributed by atoms with van der Waals surface area (Å²) in [6.45, 7) is 1.75. The molecule has 0 bridgehead atoms. The quantitative estimate of drug-likeness (QED) is 0.844. The van der Waals surface area contributed by atoms with Crippen molar-refractivity contribution in [2.24, 2.45) is 0 Å². The molecule has 108 valence electrons. The van der Waals surface area contributed by atoms with Crippen LogP contribution in [0.4, 0.5) is 5.69 Å². The van der Waals surface area contributed by atoms with Crippen LogP contribution in [-0.2, 0) is 4.74 Å². The number of aliphatic hydroxyl groups excluding tert-OH is 1. The van der Waals surface area contributed by atoms with Crippen molar-refractivity contribution in [3.63, 3.8) is 0 Å². The summed E-state index contributed by atoms with van der Waals surface area (Å²) < 4.78 is 7.62. The van der Waals surface area contributed by atoms with Crippen molar-refractivity contribution in [2.75, 3.05) is 12.8 Å². The van der Waals surface area contributed by atoms with Crippen molar-refractivity contribution in [1.82, 2.24) is 9.55 Å². The minimum atomic E-state index is -0.592. The van der Waals surface area contributed by atoms with Crippen LogP contribution in [0, 0.1) is 0 Å². The van der Waals surface area contributed by atoms with E-state index in [0.29, 0.717) is 23.7 Å². The van der Waals surface area contributed by atoms with Gasteiger partial charge in [0.1, 0.15) is 11.9 Å². The third-order valence-corrected chi connectivity index (χ3v) is 4.17. The van der Waals surface area contributed by atoms with E-state index in [4.69, 9.17) is 10.5 Å². The van der Waals surface area contributed by atoms with Gasteiger partial charge in [-0.3, -0.25) is 0 Å². The van der Waals surface area contributed by atoms with Crippen LogP contribution in [0.15, 0.2) is 18.2 Å². The highest BCUT2D eigenvalue weighted by molar-refractivity contribution is 5.80. The van der Waals surface area contributed by atoms with E-state index in [0.717, 1.165) is 30.3 Å². The SMILES string of the molecule is COC1CCC(n2c(C(C)O)nc3cc(N)ccc32)C1. The average molecular weight is 275 g/mol. The second-order valence-corrected chi connectivity index (χ2v) is 5.59. The van der Waals surface area contributed by atoms with Crippen LogP contribution in [0.2, 0.25) is 0 Å². The largest absolute Gasteiger partial charge is 0.399 e. The number of aromatic nitrogens is 2. The van der Waals surface area contributed by atoms with E-state index in [1.807, 2.05) is 18.2 Å². The number of nitrogens with two attached hydrogens (primary N) is 1. The van der Waals surface area contributed by atoms with Gasteiger partial charge in [-0.05, 0) is 44.4 Å². The van der Waals surface area contributed by atoms with E-state index in [-0.39, 0.29) is 0 Å². The van der Waals surface area contributed by atoms with E-state index >= 15 is 0 Å². The number of nitrogens with zero attached hydrogens (tertiary/aromatic N) is 2. The first-order valence-electron chi connectivity index (χ1n) is 7.08. The molecular formula is C15H21N3O2. The minimum Gasteiger partial charge on any atom is -0.399 e. The van der Waals surface area contributed by atoms with Gasteiger partial charge in [0, 0.05) is 18.8 Å². The summed E-state index contributed by atoms with van der Waals surface area (Å²) in [5, 5.41) is 10.0. The number of ether oxygens (including phenoxy) is 1. The number of anilines is 1. The third kappa shape index (κ3) is 2.17. The minimum absolute atomic E-state index is 0.299. The van der Waals surface area contributed by atoms with Crippen LogP contribution in [0.25, 0.3) is 11.0 Å². The molecule has 1 fully saturated rings. The molecule has 1 saturated carbocycles. The summed E-state index contributed by atoms with van der Waals surface area (Å²) in [5.41, 5.74) is 8.41. The molecule has 1 aromatic heterocycles. The fourth-order valence-electron chi connectivity index (χ4n) is 3.18. The van der Waals surface area contributed by atoms with Crippen molar-refractivity contribution in [1.29, 1.82) is 0 Å². The Bertz CT molecular complexity index is 621. The Kier molecular flexibility index (Phi) is 3.40. The Hall–Kier alpha value is -1.59. The molecule has 1 aliphatic carbocycles. The van der Waals surface area contributed by atoms with Crippen LogP contribution >= 0.6 is 0 Å². The van der Waals surface area contributed by atoms with Crippen LogP contribution in [-0.4, -0.2) is 27.9 Å². The molecule has 20 heavy (non-hydrogen) atoms. The predicted octanol–water partition coefficient (Wildman–Crippen LogP) is 2.41. The predicted molar refractivity (Wildman–Crippen MR) is 78.5 cm³/mol. The van der Waals surface area contributed by atoms with Gasteiger partial charge in [-0.15, -0.1) is 0 Å². The van der Waals surface area contributed by atoms with Gasteiger partial charge >= 0.3 is 0 Å². The van der Waals surface area contributed by atoms with Gasteiger partial charge in [0.25, 0.3) is 0 Å². The lowest BCUT2D eigenvalue weighted by molar-refractivity contribution is 0.105. The van der Waals surface area contributed by atoms with Gasteiger partial charge in [0.2, 0.25) is 0 Å². The van der Waals surface area contributed by atoms with Crippen LogP contribution in [0.5, 0.6) is 0 Å². The first kappa shape index (κ1) is 13.4. The zero-order valence-electron chi connectivity index (χ0n) is 11.9. The fraction of sp³-hybridized carbons (Fsp3) is 0.533. The normalized spacial score (nSPS) is 24.4. The molecule has 1 aromatic carbocycles. The maximum Gasteiger partial charge on any atom is 0.138 e. The third-order valence-electron chi connectivity index (χ3n) is 4.17. The number of imidazole rings is 1. The Morgan fingerprint density at radius 3 is 2.90 bits per heavy atom. The van der Waals surface area contributed by atoms with Crippen molar-refractivity contribution in [3.05, 3.63) is 24.0 Å². The summed E-state index contributed by atoms with van der Waals surface area (Å²) in [7, 11) is 1.76. The summed E-state index contributed by atoms with van der Waals surface area (Å²) in [4.78, 5) is 4.56. The van der Waals surface area contributed by atoms with Crippen LogP contribution in [0.3, 0.4) is 0 Å². The Morgan fingerprint density at radius 2 is 2.25 bits per heavy atom. The molecule has 5 heteroatoms. The van der Waals surface area contributed by atoms with Gasteiger partial charge < -0.3 is 20.1 Å². The summed E-state index contributed by atoms with van der Waals surface area (Å²) in [5.74, 6) is 0.715. The zero-order chi connectivity index (χ0) is 14.3. The zero-order valence-corrected chi connectivity index (χ0v) is 11.9. The van der Waals surface area contributed by atoms with Crippen molar-refractivity contribution >= 4 is 16.7 Å². The average Bonchev–Trinajstić information content (AvgIpc) is 3.00. The van der Waals surface area contributed by atoms with Gasteiger partial charge in [0.15, 0.2) is 0 Å². The summed E-state index contributed by atoms with van der Waals surface area (Å²) in [6, 6.07) is 6.07. The van der Waals surface area contributed by atoms with E-state index in [9.17, 15) is 5.11 Å². The number of benzene rings is 1. The molecule has 3 atom stereocenters. The maximum absolute atomic E-state index is 10.0. The molecular weight excluding hydrogens is 254 g/mol. The smallest absolute Gasteiger partial charge is 0.138 e. The van der Waals surface area contributed by atoms with E-state index in [1.54, 1.807) is 14.0 Å². The second-order valence-electron chi connectivity index (χ2n) is 5.59. The van der Waals surface area contributed by atoms with Gasteiger partial charge in [-0.1, -0.05) is 0 Å². The number of methoxy groups -OCH3 is 1. The Morgan fingerprint density at radius 1 is 1.45 bits per heavy atom. The fourth-order valence-corrected chi connectivity index (χ4v) is 3.18.